The first-order valence-electron chi connectivity index (χ1n) is 7.13. The Labute approximate surface area is 139 Å². The van der Waals surface area contributed by atoms with Gasteiger partial charge in [-0.2, -0.15) is 14.6 Å². The van der Waals surface area contributed by atoms with Crippen molar-refractivity contribution in [2.75, 3.05) is 0 Å². The number of pyridine rings is 1. The average molecular weight is 334 g/mol. The number of nitrogens with zero attached hydrogens (tertiary/aromatic N) is 4. The van der Waals surface area contributed by atoms with E-state index in [0.717, 1.165) is 16.9 Å². The van der Waals surface area contributed by atoms with Gasteiger partial charge >= 0.3 is 5.56 Å². The Kier molecular flexibility index (Phi) is 3.47. The van der Waals surface area contributed by atoms with Crippen LogP contribution in [-0.2, 0) is 0 Å². The summed E-state index contributed by atoms with van der Waals surface area (Å²) >= 11 is 1.13. The monoisotopic (exact) mass is 334 g/mol. The molecular formula is C17H10N4O2S. The number of hydrogen-bond donors (Lipinski definition) is 0. The fraction of sp³-hybridized carbons (Fsp3) is 0. The lowest BCUT2D eigenvalue weighted by Gasteiger charge is -1.98. The lowest BCUT2D eigenvalue weighted by Crippen LogP contribution is -2.26. The van der Waals surface area contributed by atoms with E-state index in [-0.39, 0.29) is 16.2 Å². The second-order valence-electron chi connectivity index (χ2n) is 5.03. The van der Waals surface area contributed by atoms with Gasteiger partial charge in [0.15, 0.2) is 5.69 Å². The highest BCUT2D eigenvalue weighted by molar-refractivity contribution is 7.15. The van der Waals surface area contributed by atoms with Crippen molar-refractivity contribution in [2.24, 2.45) is 0 Å². The highest BCUT2D eigenvalue weighted by Crippen LogP contribution is 2.11. The molecule has 0 atom stereocenters. The molecule has 0 unspecified atom stereocenters. The van der Waals surface area contributed by atoms with Crippen LogP contribution in [0.2, 0.25) is 0 Å². The standard InChI is InChI=1S/C17H10N4O2S/c22-15-14(12-6-2-1-3-7-12)20-21-16(23)13(24-17(21)19-15)9-11-5-4-8-18-10-11/h1-10H/b13-9+. The van der Waals surface area contributed by atoms with Crippen molar-refractivity contribution >= 4 is 22.4 Å². The van der Waals surface area contributed by atoms with E-state index < -0.39 is 5.56 Å². The Morgan fingerprint density at radius 2 is 1.88 bits per heavy atom. The van der Waals surface area contributed by atoms with Crippen LogP contribution in [0.1, 0.15) is 5.56 Å². The molecule has 6 nitrogen and oxygen atoms in total. The molecule has 0 aliphatic rings. The van der Waals surface area contributed by atoms with Crippen LogP contribution in [-0.4, -0.2) is 19.6 Å². The molecule has 0 fully saturated rings. The Morgan fingerprint density at radius 1 is 1.04 bits per heavy atom. The lowest BCUT2D eigenvalue weighted by molar-refractivity contribution is 0.873. The average Bonchev–Trinajstić information content (AvgIpc) is 2.91. The van der Waals surface area contributed by atoms with E-state index in [1.165, 1.54) is 4.52 Å². The first-order valence-corrected chi connectivity index (χ1v) is 7.95. The van der Waals surface area contributed by atoms with Crippen molar-refractivity contribution in [3.63, 3.8) is 0 Å². The molecule has 0 radical (unpaired) electrons. The molecule has 3 aromatic heterocycles. The van der Waals surface area contributed by atoms with E-state index in [4.69, 9.17) is 0 Å². The van der Waals surface area contributed by atoms with Crippen LogP contribution < -0.4 is 15.7 Å². The van der Waals surface area contributed by atoms with Crippen LogP contribution >= 0.6 is 11.3 Å². The summed E-state index contributed by atoms with van der Waals surface area (Å²) in [7, 11) is 0. The van der Waals surface area contributed by atoms with E-state index in [2.05, 4.69) is 15.1 Å². The summed E-state index contributed by atoms with van der Waals surface area (Å²) in [6.07, 6.45) is 5.03. The van der Waals surface area contributed by atoms with Crippen LogP contribution in [0.3, 0.4) is 0 Å². The summed E-state index contributed by atoms with van der Waals surface area (Å²) in [6.45, 7) is 0. The van der Waals surface area contributed by atoms with E-state index in [1.807, 2.05) is 12.1 Å². The van der Waals surface area contributed by atoms with Gasteiger partial charge in [0.2, 0.25) is 4.96 Å². The molecule has 0 spiro atoms. The van der Waals surface area contributed by atoms with Crippen LogP contribution in [0.5, 0.6) is 0 Å². The molecular weight excluding hydrogens is 324 g/mol. The van der Waals surface area contributed by atoms with Gasteiger partial charge in [-0.05, 0) is 17.7 Å². The van der Waals surface area contributed by atoms with Crippen molar-refractivity contribution in [3.05, 3.63) is 85.7 Å². The molecule has 0 N–H and O–H groups in total. The van der Waals surface area contributed by atoms with Crippen LogP contribution in [0.4, 0.5) is 0 Å². The van der Waals surface area contributed by atoms with E-state index in [9.17, 15) is 9.59 Å². The number of aromatic nitrogens is 4. The molecule has 0 bridgehead atoms. The van der Waals surface area contributed by atoms with Crippen molar-refractivity contribution in [1.82, 2.24) is 19.6 Å². The minimum atomic E-state index is -0.449. The third-order valence-corrected chi connectivity index (χ3v) is 4.37. The second-order valence-corrected chi connectivity index (χ2v) is 6.04. The van der Waals surface area contributed by atoms with Gasteiger partial charge in [-0.3, -0.25) is 14.6 Å². The first kappa shape index (κ1) is 14.4. The number of thiazole rings is 1. The minimum Gasteiger partial charge on any atom is -0.266 e. The smallest absolute Gasteiger partial charge is 0.266 e. The minimum absolute atomic E-state index is 0.163. The van der Waals surface area contributed by atoms with Crippen LogP contribution in [0.15, 0.2) is 64.4 Å². The maximum atomic E-state index is 12.5. The molecule has 0 aliphatic carbocycles. The zero-order valence-electron chi connectivity index (χ0n) is 12.3. The molecule has 116 valence electrons. The maximum absolute atomic E-state index is 12.5. The molecule has 4 aromatic rings. The maximum Gasteiger partial charge on any atom is 0.300 e. The Balaban J connectivity index is 1.96. The van der Waals surface area contributed by atoms with Crippen molar-refractivity contribution < 1.29 is 0 Å². The number of hydrogen-bond acceptors (Lipinski definition) is 6. The Morgan fingerprint density at radius 3 is 2.62 bits per heavy atom. The Bertz CT molecular complexity index is 1180. The van der Waals surface area contributed by atoms with Crippen LogP contribution in [0, 0.1) is 0 Å². The third-order valence-electron chi connectivity index (χ3n) is 3.41. The SMILES string of the molecule is O=c1nc2s/c(=C/c3cccnc3)c(=O)n2nc1-c1ccccc1. The predicted molar refractivity (Wildman–Crippen MR) is 91.9 cm³/mol. The lowest BCUT2D eigenvalue weighted by atomic mass is 10.2. The molecule has 0 amide bonds. The summed E-state index contributed by atoms with van der Waals surface area (Å²) in [5.74, 6) is 0. The highest BCUT2D eigenvalue weighted by Gasteiger charge is 2.12. The molecule has 24 heavy (non-hydrogen) atoms. The zero-order chi connectivity index (χ0) is 16.5. The van der Waals surface area contributed by atoms with E-state index in [1.54, 1.807) is 48.8 Å². The normalized spacial score (nSPS) is 11.9. The van der Waals surface area contributed by atoms with E-state index in [0.29, 0.717) is 10.1 Å². The molecule has 3 heterocycles. The van der Waals surface area contributed by atoms with Crippen LogP contribution in [0.25, 0.3) is 22.3 Å². The fourth-order valence-corrected chi connectivity index (χ4v) is 3.20. The molecule has 1 aromatic carbocycles. The zero-order valence-corrected chi connectivity index (χ0v) is 13.1. The van der Waals surface area contributed by atoms with Crippen molar-refractivity contribution in [1.29, 1.82) is 0 Å². The van der Waals surface area contributed by atoms with Gasteiger partial charge < -0.3 is 0 Å². The molecule has 0 saturated carbocycles. The van der Waals surface area contributed by atoms with Crippen molar-refractivity contribution in [2.45, 2.75) is 0 Å². The summed E-state index contributed by atoms with van der Waals surface area (Å²) in [4.78, 5) is 33.1. The van der Waals surface area contributed by atoms with Gasteiger partial charge in [0.05, 0.1) is 4.53 Å². The summed E-state index contributed by atoms with van der Waals surface area (Å²) in [5.41, 5.74) is 0.843. The van der Waals surface area contributed by atoms with E-state index >= 15 is 0 Å². The van der Waals surface area contributed by atoms with Gasteiger partial charge in [-0.25, -0.2) is 0 Å². The molecule has 0 aliphatic heterocycles. The quantitative estimate of drug-likeness (QED) is 0.549. The van der Waals surface area contributed by atoms with Gasteiger partial charge in [0.1, 0.15) is 0 Å². The highest BCUT2D eigenvalue weighted by atomic mass is 32.1. The summed E-state index contributed by atoms with van der Waals surface area (Å²) < 4.78 is 1.63. The molecule has 7 heteroatoms. The van der Waals surface area contributed by atoms with Crippen molar-refractivity contribution in [3.8, 4) is 11.3 Å². The topological polar surface area (TPSA) is 77.2 Å². The molecule has 0 saturated heterocycles. The van der Waals surface area contributed by atoms with Gasteiger partial charge in [0, 0.05) is 18.0 Å². The third kappa shape index (κ3) is 2.50. The van der Waals surface area contributed by atoms with Gasteiger partial charge in [-0.15, -0.1) is 0 Å². The molecule has 4 rings (SSSR count). The second kappa shape index (κ2) is 5.78. The Hall–Kier alpha value is -3.19. The number of rotatable bonds is 2. The summed E-state index contributed by atoms with van der Waals surface area (Å²) in [6, 6.07) is 12.6. The fourth-order valence-electron chi connectivity index (χ4n) is 2.30. The largest absolute Gasteiger partial charge is 0.300 e. The van der Waals surface area contributed by atoms with Gasteiger partial charge in [0.25, 0.3) is 5.56 Å². The summed E-state index contributed by atoms with van der Waals surface area (Å²) in [5, 5.41) is 4.21. The predicted octanol–water partition coefficient (Wildman–Crippen LogP) is 1.12. The number of benzene rings is 1. The van der Waals surface area contributed by atoms with Gasteiger partial charge in [-0.1, -0.05) is 47.7 Å². The number of fused-ring (bicyclic) bond motifs is 1. The first-order chi connectivity index (χ1) is 11.7.